The zero-order valence-electron chi connectivity index (χ0n) is 17.7. The minimum Gasteiger partial charge on any atom is -0.492 e. The summed E-state index contributed by atoms with van der Waals surface area (Å²) in [4.78, 5) is 12.8. The zero-order valence-corrected chi connectivity index (χ0v) is 17.7. The summed E-state index contributed by atoms with van der Waals surface area (Å²) in [5.74, 6) is 1.11. The number of benzene rings is 4. The maximum absolute atomic E-state index is 12.8. The summed E-state index contributed by atoms with van der Waals surface area (Å²) in [5.41, 5.74) is 3.50. The van der Waals surface area contributed by atoms with Gasteiger partial charge in [-0.05, 0) is 47.5 Å². The Balaban J connectivity index is 1.33. The molecule has 0 bridgehead atoms. The summed E-state index contributed by atoms with van der Waals surface area (Å²) in [7, 11) is 0. The van der Waals surface area contributed by atoms with Crippen molar-refractivity contribution in [1.82, 2.24) is 0 Å². The number of hydrogen-bond donors (Lipinski definition) is 1. The first kappa shape index (κ1) is 21.2. The normalized spacial score (nSPS) is 10.4. The number of nitrogens with one attached hydrogen (secondary N) is 1. The summed E-state index contributed by atoms with van der Waals surface area (Å²) < 4.78 is 11.7. The minimum absolute atomic E-state index is 0.210. The lowest BCUT2D eigenvalue weighted by Gasteiger charge is -2.12. The Morgan fingerprint density at radius 2 is 1.28 bits per heavy atom. The van der Waals surface area contributed by atoms with Crippen LogP contribution in [0.5, 0.6) is 11.5 Å². The van der Waals surface area contributed by atoms with E-state index in [2.05, 4.69) is 17.4 Å². The summed E-state index contributed by atoms with van der Waals surface area (Å²) >= 11 is 0. The molecule has 0 aromatic heterocycles. The first-order chi connectivity index (χ1) is 15.8. The number of rotatable bonds is 9. The minimum atomic E-state index is -0.210. The maximum atomic E-state index is 12.8. The molecule has 160 valence electrons. The highest BCUT2D eigenvalue weighted by Crippen LogP contribution is 2.22. The predicted molar refractivity (Wildman–Crippen MR) is 127 cm³/mol. The lowest BCUT2D eigenvalue weighted by Crippen LogP contribution is -2.14. The van der Waals surface area contributed by atoms with Gasteiger partial charge >= 0.3 is 0 Å². The molecule has 0 saturated carbocycles. The second-order valence-electron chi connectivity index (χ2n) is 7.33. The van der Waals surface area contributed by atoms with Gasteiger partial charge in [0.15, 0.2) is 0 Å². The topological polar surface area (TPSA) is 47.6 Å². The van der Waals surface area contributed by atoms with Gasteiger partial charge in [-0.3, -0.25) is 4.79 Å². The van der Waals surface area contributed by atoms with Gasteiger partial charge in [0.2, 0.25) is 0 Å². The van der Waals surface area contributed by atoms with Crippen LogP contribution in [0.1, 0.15) is 21.5 Å². The van der Waals surface area contributed by atoms with Crippen LogP contribution in [-0.2, 0) is 13.0 Å². The van der Waals surface area contributed by atoms with E-state index in [0.717, 1.165) is 17.7 Å². The van der Waals surface area contributed by atoms with Gasteiger partial charge in [0.05, 0.1) is 12.2 Å². The second kappa shape index (κ2) is 10.8. The van der Waals surface area contributed by atoms with E-state index in [-0.39, 0.29) is 5.91 Å². The van der Waals surface area contributed by atoms with E-state index in [4.69, 9.17) is 9.47 Å². The van der Waals surface area contributed by atoms with Gasteiger partial charge in [0.25, 0.3) is 5.91 Å². The van der Waals surface area contributed by atoms with Crippen molar-refractivity contribution >= 4 is 11.6 Å². The van der Waals surface area contributed by atoms with Crippen LogP contribution in [-0.4, -0.2) is 12.5 Å². The standard InChI is InChI=1S/C28H25NO3/c30-28(26-13-7-8-14-27(26)31-20-19-22-9-3-1-4-10-22)29-24-15-17-25(18-16-24)32-21-23-11-5-2-6-12-23/h1-18H,19-21H2,(H,29,30). The Morgan fingerprint density at radius 1 is 0.656 bits per heavy atom. The van der Waals surface area contributed by atoms with Gasteiger partial charge in [-0.25, -0.2) is 0 Å². The molecule has 0 aliphatic rings. The lowest BCUT2D eigenvalue weighted by molar-refractivity contribution is 0.102. The zero-order chi connectivity index (χ0) is 22.0. The van der Waals surface area contributed by atoms with E-state index in [1.807, 2.05) is 91.0 Å². The quantitative estimate of drug-likeness (QED) is 0.352. The third-order valence-electron chi connectivity index (χ3n) is 4.98. The van der Waals surface area contributed by atoms with E-state index in [1.165, 1.54) is 5.56 Å². The molecule has 1 amide bonds. The fourth-order valence-corrected chi connectivity index (χ4v) is 3.28. The smallest absolute Gasteiger partial charge is 0.259 e. The van der Waals surface area contributed by atoms with Gasteiger partial charge in [-0.15, -0.1) is 0 Å². The molecule has 0 heterocycles. The number of anilines is 1. The number of hydrogen-bond acceptors (Lipinski definition) is 3. The molecule has 4 heteroatoms. The van der Waals surface area contributed by atoms with Crippen molar-refractivity contribution in [2.45, 2.75) is 13.0 Å². The van der Waals surface area contributed by atoms with Crippen molar-refractivity contribution < 1.29 is 14.3 Å². The van der Waals surface area contributed by atoms with Crippen LogP contribution < -0.4 is 14.8 Å². The average molecular weight is 424 g/mol. The number of amides is 1. The monoisotopic (exact) mass is 423 g/mol. The van der Waals surface area contributed by atoms with Gasteiger partial charge in [-0.2, -0.15) is 0 Å². The molecule has 32 heavy (non-hydrogen) atoms. The summed E-state index contributed by atoms with van der Waals surface area (Å²) in [6, 6.07) is 34.8. The number of carbonyl (C=O) groups excluding carboxylic acids is 1. The SMILES string of the molecule is O=C(Nc1ccc(OCc2ccccc2)cc1)c1ccccc1OCCc1ccccc1. The van der Waals surface area contributed by atoms with E-state index in [0.29, 0.717) is 30.2 Å². The van der Waals surface area contributed by atoms with E-state index in [1.54, 1.807) is 6.07 Å². The Hall–Kier alpha value is -4.05. The molecule has 4 nitrogen and oxygen atoms in total. The van der Waals surface area contributed by atoms with Crippen LogP contribution in [0.25, 0.3) is 0 Å². The summed E-state index contributed by atoms with van der Waals surface area (Å²) in [6.07, 6.45) is 0.779. The maximum Gasteiger partial charge on any atom is 0.259 e. The van der Waals surface area contributed by atoms with Gasteiger partial charge in [0.1, 0.15) is 18.1 Å². The Labute approximate surface area is 188 Å². The van der Waals surface area contributed by atoms with Crippen LogP contribution in [0.3, 0.4) is 0 Å². The molecule has 0 aliphatic heterocycles. The molecule has 4 aromatic carbocycles. The van der Waals surface area contributed by atoms with Gasteiger partial charge in [-0.1, -0.05) is 72.8 Å². The summed E-state index contributed by atoms with van der Waals surface area (Å²) in [6.45, 7) is 1.00. The fraction of sp³-hybridized carbons (Fsp3) is 0.107. The summed E-state index contributed by atoms with van der Waals surface area (Å²) in [5, 5.41) is 2.93. The van der Waals surface area contributed by atoms with Crippen molar-refractivity contribution in [3.63, 3.8) is 0 Å². The first-order valence-electron chi connectivity index (χ1n) is 10.6. The van der Waals surface area contributed by atoms with Gasteiger partial charge < -0.3 is 14.8 Å². The van der Waals surface area contributed by atoms with Crippen molar-refractivity contribution in [3.05, 3.63) is 126 Å². The molecule has 0 radical (unpaired) electrons. The van der Waals surface area contributed by atoms with Crippen LogP contribution >= 0.6 is 0 Å². The molecule has 4 aromatic rings. The van der Waals surface area contributed by atoms with Crippen molar-refractivity contribution in [2.24, 2.45) is 0 Å². The largest absolute Gasteiger partial charge is 0.492 e. The van der Waals surface area contributed by atoms with E-state index < -0.39 is 0 Å². The lowest BCUT2D eigenvalue weighted by atomic mass is 10.1. The molecule has 4 rings (SSSR count). The number of para-hydroxylation sites is 1. The molecule has 0 atom stereocenters. The molecule has 0 spiro atoms. The third-order valence-corrected chi connectivity index (χ3v) is 4.98. The molecule has 0 saturated heterocycles. The van der Waals surface area contributed by atoms with E-state index >= 15 is 0 Å². The Morgan fingerprint density at radius 3 is 2.00 bits per heavy atom. The molecular formula is C28H25NO3. The highest BCUT2D eigenvalue weighted by atomic mass is 16.5. The predicted octanol–water partition coefficient (Wildman–Crippen LogP) is 6.14. The number of carbonyl (C=O) groups is 1. The third kappa shape index (κ3) is 5.99. The number of ether oxygens (including phenoxy) is 2. The Kier molecular flexibility index (Phi) is 7.17. The Bertz CT molecular complexity index is 1130. The van der Waals surface area contributed by atoms with E-state index in [9.17, 15) is 4.79 Å². The van der Waals surface area contributed by atoms with Gasteiger partial charge in [0, 0.05) is 12.1 Å². The fourth-order valence-electron chi connectivity index (χ4n) is 3.28. The molecule has 0 unspecified atom stereocenters. The van der Waals surface area contributed by atoms with Crippen LogP contribution in [0, 0.1) is 0 Å². The first-order valence-corrected chi connectivity index (χ1v) is 10.6. The average Bonchev–Trinajstić information content (AvgIpc) is 2.85. The van der Waals surface area contributed by atoms with Crippen molar-refractivity contribution in [2.75, 3.05) is 11.9 Å². The van der Waals surface area contributed by atoms with Crippen molar-refractivity contribution in [1.29, 1.82) is 0 Å². The molecule has 0 aliphatic carbocycles. The molecular weight excluding hydrogens is 398 g/mol. The second-order valence-corrected chi connectivity index (χ2v) is 7.33. The van der Waals surface area contributed by atoms with Crippen LogP contribution in [0.15, 0.2) is 109 Å². The highest BCUT2D eigenvalue weighted by Gasteiger charge is 2.12. The van der Waals surface area contributed by atoms with Crippen LogP contribution in [0.2, 0.25) is 0 Å². The van der Waals surface area contributed by atoms with Crippen LogP contribution in [0.4, 0.5) is 5.69 Å². The highest BCUT2D eigenvalue weighted by molar-refractivity contribution is 6.06. The molecule has 1 N–H and O–H groups in total. The molecule has 0 fully saturated rings. The van der Waals surface area contributed by atoms with Crippen molar-refractivity contribution in [3.8, 4) is 11.5 Å².